The van der Waals surface area contributed by atoms with Gasteiger partial charge in [0.2, 0.25) is 20.0 Å². The fourth-order valence-corrected chi connectivity index (χ4v) is 7.77. The largest absolute Gasteiger partial charge is 0.495 e. The third-order valence-electron chi connectivity index (χ3n) is 6.51. The van der Waals surface area contributed by atoms with Gasteiger partial charge in [-0.25, -0.2) is 16.8 Å². The summed E-state index contributed by atoms with van der Waals surface area (Å²) in [5.74, 6) is -0.421. The lowest BCUT2D eigenvalue weighted by Gasteiger charge is -2.20. The van der Waals surface area contributed by atoms with E-state index in [1.54, 1.807) is 0 Å². The Morgan fingerprint density at radius 2 is 1.31 bits per heavy atom. The molecule has 2 aliphatic heterocycles. The number of amides is 1. The molecule has 2 aromatic carbocycles. The average molecular weight is 556 g/mol. The highest BCUT2D eigenvalue weighted by Crippen LogP contribution is 2.32. The molecule has 0 unspecified atom stereocenters. The number of sulfonamides is 2. The predicted octanol–water partition coefficient (Wildman–Crippen LogP) is 3.95. The van der Waals surface area contributed by atoms with Crippen LogP contribution in [0.5, 0.6) is 5.75 Å². The molecule has 196 valence electrons. The van der Waals surface area contributed by atoms with Gasteiger partial charge in [-0.2, -0.15) is 8.61 Å². The van der Waals surface area contributed by atoms with Crippen LogP contribution in [0.15, 0.2) is 46.2 Å². The van der Waals surface area contributed by atoms with Gasteiger partial charge in [0.05, 0.1) is 33.2 Å². The van der Waals surface area contributed by atoms with E-state index in [2.05, 4.69) is 5.32 Å². The number of rotatable bonds is 7. The maximum Gasteiger partial charge on any atom is 0.257 e. The standard InChI is InChI=1S/C24H30ClN3O6S2/c1-34-23-11-9-19(36(32,33)28-14-6-7-15-28)17-22(23)26-24(29)20-16-18(8-10-21(20)25)35(30,31)27-12-4-2-3-5-13-27/h8-11,16-17H,2-7,12-15H2,1H3,(H,26,29). The topological polar surface area (TPSA) is 113 Å². The minimum Gasteiger partial charge on any atom is -0.495 e. The molecular formula is C24H30ClN3O6S2. The van der Waals surface area contributed by atoms with E-state index in [9.17, 15) is 21.6 Å². The van der Waals surface area contributed by atoms with E-state index in [1.807, 2.05) is 0 Å². The number of anilines is 1. The van der Waals surface area contributed by atoms with Crippen LogP contribution in [0.2, 0.25) is 5.02 Å². The van der Waals surface area contributed by atoms with E-state index in [0.29, 0.717) is 26.2 Å². The Morgan fingerprint density at radius 1 is 0.806 bits per heavy atom. The van der Waals surface area contributed by atoms with Crippen molar-refractivity contribution in [3.05, 3.63) is 47.0 Å². The Kier molecular flexibility index (Phi) is 8.25. The van der Waals surface area contributed by atoms with Crippen molar-refractivity contribution in [3.63, 3.8) is 0 Å². The summed E-state index contributed by atoms with van der Waals surface area (Å²) in [6.45, 7) is 1.76. The van der Waals surface area contributed by atoms with Gasteiger partial charge in [0, 0.05) is 26.2 Å². The third-order valence-corrected chi connectivity index (χ3v) is 10.6. The number of nitrogens with one attached hydrogen (secondary N) is 1. The molecule has 2 aliphatic rings. The first kappa shape index (κ1) is 26.9. The van der Waals surface area contributed by atoms with Crippen LogP contribution < -0.4 is 10.1 Å². The zero-order valence-electron chi connectivity index (χ0n) is 20.1. The normalized spacial score (nSPS) is 18.1. The molecule has 2 fully saturated rings. The SMILES string of the molecule is COc1ccc(S(=O)(=O)N2CCCC2)cc1NC(=O)c1cc(S(=O)(=O)N2CCCCCC2)ccc1Cl. The fraction of sp³-hybridized carbons (Fsp3) is 0.458. The fourth-order valence-electron chi connectivity index (χ4n) is 4.48. The van der Waals surface area contributed by atoms with Crippen LogP contribution >= 0.6 is 11.6 Å². The van der Waals surface area contributed by atoms with E-state index in [0.717, 1.165) is 38.5 Å². The molecular weight excluding hydrogens is 526 g/mol. The zero-order chi connectivity index (χ0) is 25.9. The lowest BCUT2D eigenvalue weighted by Crippen LogP contribution is -2.32. The van der Waals surface area contributed by atoms with Crippen LogP contribution in [0, 0.1) is 0 Å². The van der Waals surface area contributed by atoms with Gasteiger partial charge in [0.1, 0.15) is 5.75 Å². The molecule has 0 radical (unpaired) electrons. The lowest BCUT2D eigenvalue weighted by atomic mass is 10.2. The van der Waals surface area contributed by atoms with Crippen molar-refractivity contribution in [2.45, 2.75) is 48.3 Å². The van der Waals surface area contributed by atoms with Gasteiger partial charge in [-0.15, -0.1) is 0 Å². The van der Waals surface area contributed by atoms with Crippen LogP contribution in [0.1, 0.15) is 48.9 Å². The molecule has 36 heavy (non-hydrogen) atoms. The highest BCUT2D eigenvalue weighted by Gasteiger charge is 2.29. The van der Waals surface area contributed by atoms with Crippen molar-refractivity contribution >= 4 is 43.2 Å². The van der Waals surface area contributed by atoms with Crippen molar-refractivity contribution in [2.24, 2.45) is 0 Å². The summed E-state index contributed by atoms with van der Waals surface area (Å²) in [5.41, 5.74) is 0.0991. The van der Waals surface area contributed by atoms with Crippen LogP contribution in [0.4, 0.5) is 5.69 Å². The van der Waals surface area contributed by atoms with Crippen LogP contribution in [-0.4, -0.2) is 64.6 Å². The Balaban J connectivity index is 1.63. The molecule has 0 bridgehead atoms. The van der Waals surface area contributed by atoms with Gasteiger partial charge < -0.3 is 10.1 Å². The summed E-state index contributed by atoms with van der Waals surface area (Å²) >= 11 is 6.28. The van der Waals surface area contributed by atoms with Gasteiger partial charge in [-0.3, -0.25) is 4.79 Å². The number of halogens is 1. The molecule has 2 heterocycles. The van der Waals surface area contributed by atoms with Crippen LogP contribution in [-0.2, 0) is 20.0 Å². The maximum atomic E-state index is 13.2. The zero-order valence-corrected chi connectivity index (χ0v) is 22.5. The van der Waals surface area contributed by atoms with E-state index >= 15 is 0 Å². The molecule has 1 N–H and O–H groups in total. The first-order valence-corrected chi connectivity index (χ1v) is 15.2. The number of hydrogen-bond acceptors (Lipinski definition) is 6. The van der Waals surface area contributed by atoms with Crippen molar-refractivity contribution in [1.29, 1.82) is 0 Å². The molecule has 2 saturated heterocycles. The third kappa shape index (κ3) is 5.55. The second kappa shape index (κ2) is 11.1. The van der Waals surface area contributed by atoms with E-state index < -0.39 is 26.0 Å². The second-order valence-electron chi connectivity index (χ2n) is 8.89. The number of methoxy groups -OCH3 is 1. The number of carbonyl (C=O) groups is 1. The van der Waals surface area contributed by atoms with E-state index in [4.69, 9.17) is 16.3 Å². The monoisotopic (exact) mass is 555 g/mol. The van der Waals surface area contributed by atoms with Gasteiger partial charge >= 0.3 is 0 Å². The van der Waals surface area contributed by atoms with Gasteiger partial charge in [-0.1, -0.05) is 24.4 Å². The molecule has 0 atom stereocenters. The first-order valence-electron chi connectivity index (χ1n) is 11.9. The highest BCUT2D eigenvalue weighted by atomic mass is 35.5. The summed E-state index contributed by atoms with van der Waals surface area (Å²) in [5, 5.41) is 2.72. The first-order chi connectivity index (χ1) is 17.1. The predicted molar refractivity (Wildman–Crippen MR) is 138 cm³/mol. The van der Waals surface area contributed by atoms with E-state index in [-0.39, 0.29) is 31.8 Å². The quantitative estimate of drug-likeness (QED) is 0.553. The molecule has 4 rings (SSSR count). The Hall–Kier alpha value is -2.18. The minimum atomic E-state index is -3.79. The number of ether oxygens (including phenoxy) is 1. The Labute approximate surface area is 217 Å². The smallest absolute Gasteiger partial charge is 0.257 e. The van der Waals surface area contributed by atoms with Crippen LogP contribution in [0.3, 0.4) is 0 Å². The molecule has 0 aliphatic carbocycles. The second-order valence-corrected chi connectivity index (χ2v) is 13.2. The minimum absolute atomic E-state index is 0.0173. The van der Waals surface area contributed by atoms with Crippen LogP contribution in [0.25, 0.3) is 0 Å². The lowest BCUT2D eigenvalue weighted by molar-refractivity contribution is 0.102. The number of hydrogen-bond donors (Lipinski definition) is 1. The Morgan fingerprint density at radius 3 is 1.86 bits per heavy atom. The molecule has 0 aromatic heterocycles. The van der Waals surface area contributed by atoms with Gasteiger partial charge in [0.25, 0.3) is 5.91 Å². The van der Waals surface area contributed by atoms with Gasteiger partial charge in [0.15, 0.2) is 0 Å². The molecule has 9 nitrogen and oxygen atoms in total. The van der Waals surface area contributed by atoms with Crippen molar-refractivity contribution in [1.82, 2.24) is 8.61 Å². The Bertz CT molecular complexity index is 1330. The van der Waals surface area contributed by atoms with Crippen molar-refractivity contribution in [2.75, 3.05) is 38.6 Å². The number of benzene rings is 2. The number of nitrogens with zero attached hydrogens (tertiary/aromatic N) is 2. The van der Waals surface area contributed by atoms with Crippen molar-refractivity contribution < 1.29 is 26.4 Å². The summed E-state index contributed by atoms with van der Waals surface area (Å²) in [6, 6.07) is 8.28. The average Bonchev–Trinajstić information content (AvgIpc) is 3.27. The number of carbonyl (C=O) groups excluding carboxylic acids is 1. The van der Waals surface area contributed by atoms with E-state index in [1.165, 1.54) is 52.1 Å². The summed E-state index contributed by atoms with van der Waals surface area (Å²) in [6.07, 6.45) is 5.14. The molecule has 2 aromatic rings. The van der Waals surface area contributed by atoms with Crippen molar-refractivity contribution in [3.8, 4) is 5.75 Å². The highest BCUT2D eigenvalue weighted by molar-refractivity contribution is 7.89. The molecule has 12 heteroatoms. The summed E-state index contributed by atoms with van der Waals surface area (Å²) in [7, 11) is -6.11. The molecule has 1 amide bonds. The summed E-state index contributed by atoms with van der Waals surface area (Å²) < 4.78 is 60.6. The van der Waals surface area contributed by atoms with Gasteiger partial charge in [-0.05, 0) is 62.1 Å². The maximum absolute atomic E-state index is 13.2. The molecule has 0 saturated carbocycles. The molecule has 0 spiro atoms. The summed E-state index contributed by atoms with van der Waals surface area (Å²) in [4.78, 5) is 13.2.